The van der Waals surface area contributed by atoms with E-state index in [4.69, 9.17) is 4.74 Å². The normalized spacial score (nSPS) is 17.3. The number of anilines is 1. The molecule has 0 bridgehead atoms. The number of nitriles is 1. The van der Waals surface area contributed by atoms with Crippen LogP contribution in [0.3, 0.4) is 0 Å². The fourth-order valence-corrected chi connectivity index (χ4v) is 2.63. The van der Waals surface area contributed by atoms with Crippen LogP contribution < -0.4 is 15.2 Å². The van der Waals surface area contributed by atoms with Crippen LogP contribution >= 0.6 is 0 Å². The number of aromatic nitrogens is 2. The molecule has 21 heavy (non-hydrogen) atoms. The molecule has 0 radical (unpaired) electrons. The van der Waals surface area contributed by atoms with Crippen LogP contribution in [0.15, 0.2) is 11.1 Å². The van der Waals surface area contributed by atoms with Gasteiger partial charge in [-0.2, -0.15) is 5.26 Å². The molecule has 2 rings (SSSR count). The van der Waals surface area contributed by atoms with Crippen molar-refractivity contribution < 1.29 is 4.74 Å². The molecule has 0 aromatic carbocycles. The van der Waals surface area contributed by atoms with Gasteiger partial charge in [0.1, 0.15) is 0 Å². The van der Waals surface area contributed by atoms with Gasteiger partial charge in [0.05, 0.1) is 25.5 Å². The molecule has 0 saturated carbocycles. The number of H-pyrrole nitrogens is 1. The summed E-state index contributed by atoms with van der Waals surface area (Å²) in [6.07, 6.45) is 3.28. The number of piperazine rings is 1. The van der Waals surface area contributed by atoms with Crippen LogP contribution in [0.1, 0.15) is 19.8 Å². The van der Waals surface area contributed by atoms with Crippen LogP contribution in [0.4, 0.5) is 5.82 Å². The Labute approximate surface area is 124 Å². The van der Waals surface area contributed by atoms with Crippen LogP contribution in [0.5, 0.6) is 5.75 Å². The molecule has 1 saturated heterocycles. The summed E-state index contributed by atoms with van der Waals surface area (Å²) >= 11 is 0. The number of hydrogen-bond acceptors (Lipinski definition) is 6. The van der Waals surface area contributed by atoms with Crippen molar-refractivity contribution in [2.24, 2.45) is 0 Å². The SMILES string of the molecule is CCCC(C#N)N1CCN(c2nc[nH]c(=O)c2OC)CC1. The lowest BCUT2D eigenvalue weighted by Gasteiger charge is -2.37. The van der Waals surface area contributed by atoms with E-state index in [2.05, 4.69) is 27.9 Å². The summed E-state index contributed by atoms with van der Waals surface area (Å²) in [4.78, 5) is 22.7. The molecule has 1 fully saturated rings. The molecule has 7 heteroatoms. The average molecular weight is 291 g/mol. The highest BCUT2D eigenvalue weighted by atomic mass is 16.5. The molecule has 1 aliphatic rings. The van der Waals surface area contributed by atoms with E-state index in [1.54, 1.807) is 0 Å². The Bertz CT molecular complexity index is 557. The highest BCUT2D eigenvalue weighted by Gasteiger charge is 2.25. The maximum atomic E-state index is 11.7. The van der Waals surface area contributed by atoms with Gasteiger partial charge in [0.15, 0.2) is 5.82 Å². The zero-order valence-electron chi connectivity index (χ0n) is 12.5. The lowest BCUT2D eigenvalue weighted by molar-refractivity contribution is 0.210. The second-order valence-electron chi connectivity index (χ2n) is 5.05. The number of hydrogen-bond donors (Lipinski definition) is 1. The van der Waals surface area contributed by atoms with Crippen molar-refractivity contribution in [3.8, 4) is 11.8 Å². The fraction of sp³-hybridized carbons (Fsp3) is 0.643. The topological polar surface area (TPSA) is 85.3 Å². The molecular formula is C14H21N5O2. The monoisotopic (exact) mass is 291 g/mol. The Balaban J connectivity index is 2.06. The first kappa shape index (κ1) is 15.3. The highest BCUT2D eigenvalue weighted by Crippen LogP contribution is 2.22. The van der Waals surface area contributed by atoms with E-state index in [9.17, 15) is 10.1 Å². The van der Waals surface area contributed by atoms with Crippen LogP contribution in [0.25, 0.3) is 0 Å². The first-order valence-electron chi connectivity index (χ1n) is 7.21. The number of aromatic amines is 1. The van der Waals surface area contributed by atoms with Gasteiger partial charge in [0.2, 0.25) is 5.75 Å². The Hall–Kier alpha value is -2.07. The fourth-order valence-electron chi connectivity index (χ4n) is 2.63. The largest absolute Gasteiger partial charge is 0.489 e. The Morgan fingerprint density at radius 2 is 2.19 bits per heavy atom. The Morgan fingerprint density at radius 1 is 1.48 bits per heavy atom. The van der Waals surface area contributed by atoms with Gasteiger partial charge in [-0.15, -0.1) is 0 Å². The Morgan fingerprint density at radius 3 is 2.76 bits per heavy atom. The van der Waals surface area contributed by atoms with Crippen molar-refractivity contribution in [3.63, 3.8) is 0 Å². The van der Waals surface area contributed by atoms with E-state index in [-0.39, 0.29) is 17.4 Å². The van der Waals surface area contributed by atoms with E-state index in [1.165, 1.54) is 13.4 Å². The second-order valence-corrected chi connectivity index (χ2v) is 5.05. The van der Waals surface area contributed by atoms with Gasteiger partial charge < -0.3 is 14.6 Å². The molecule has 1 unspecified atom stereocenters. The van der Waals surface area contributed by atoms with Gasteiger partial charge in [-0.1, -0.05) is 13.3 Å². The summed E-state index contributed by atoms with van der Waals surface area (Å²) in [5.74, 6) is 0.821. The summed E-state index contributed by atoms with van der Waals surface area (Å²) in [5.41, 5.74) is -0.272. The minimum atomic E-state index is -0.272. The van der Waals surface area contributed by atoms with Crippen molar-refractivity contribution in [2.75, 3.05) is 38.2 Å². The predicted molar refractivity (Wildman–Crippen MR) is 79.5 cm³/mol. The minimum absolute atomic E-state index is 0.0221. The molecule has 0 spiro atoms. The average Bonchev–Trinajstić information content (AvgIpc) is 2.52. The molecule has 1 aromatic heterocycles. The van der Waals surface area contributed by atoms with E-state index < -0.39 is 0 Å². The third-order valence-electron chi connectivity index (χ3n) is 3.76. The van der Waals surface area contributed by atoms with E-state index in [0.29, 0.717) is 5.82 Å². The van der Waals surface area contributed by atoms with Crippen LogP contribution in [0.2, 0.25) is 0 Å². The summed E-state index contributed by atoms with van der Waals surface area (Å²) in [6.45, 7) is 5.13. The Kier molecular flexibility index (Phi) is 5.17. The molecule has 7 nitrogen and oxygen atoms in total. The van der Waals surface area contributed by atoms with E-state index in [0.717, 1.165) is 39.0 Å². The number of ether oxygens (including phenoxy) is 1. The van der Waals surface area contributed by atoms with Crippen LogP contribution in [-0.4, -0.2) is 54.2 Å². The molecular weight excluding hydrogens is 270 g/mol. The summed E-state index contributed by atoms with van der Waals surface area (Å²) in [5, 5.41) is 9.23. The maximum absolute atomic E-state index is 11.7. The summed E-state index contributed by atoms with van der Waals surface area (Å²) < 4.78 is 5.15. The summed E-state index contributed by atoms with van der Waals surface area (Å²) in [7, 11) is 1.47. The predicted octanol–water partition coefficient (Wildman–Crippen LogP) is 0.593. The standard InChI is InChI=1S/C14H21N5O2/c1-3-4-11(9-15)18-5-7-19(8-6-18)13-12(21-2)14(20)17-10-16-13/h10-11H,3-8H2,1-2H3,(H,16,17,20). The van der Waals surface area contributed by atoms with Crippen LogP contribution in [0, 0.1) is 11.3 Å². The lowest BCUT2D eigenvalue weighted by atomic mass is 10.1. The van der Waals surface area contributed by atoms with Gasteiger partial charge in [-0.25, -0.2) is 4.98 Å². The van der Waals surface area contributed by atoms with Gasteiger partial charge in [0.25, 0.3) is 5.56 Å². The molecule has 1 aliphatic heterocycles. The minimum Gasteiger partial charge on any atom is -0.489 e. The first-order valence-corrected chi connectivity index (χ1v) is 7.21. The third-order valence-corrected chi connectivity index (χ3v) is 3.76. The number of nitrogens with one attached hydrogen (secondary N) is 1. The van der Waals surface area contributed by atoms with Gasteiger partial charge in [-0.05, 0) is 6.42 Å². The van der Waals surface area contributed by atoms with Crippen LogP contribution in [-0.2, 0) is 0 Å². The zero-order valence-corrected chi connectivity index (χ0v) is 12.5. The van der Waals surface area contributed by atoms with Crippen molar-refractivity contribution in [1.29, 1.82) is 5.26 Å². The molecule has 114 valence electrons. The smallest absolute Gasteiger partial charge is 0.295 e. The van der Waals surface area contributed by atoms with Gasteiger partial charge in [-0.3, -0.25) is 9.69 Å². The maximum Gasteiger partial charge on any atom is 0.295 e. The molecule has 0 amide bonds. The third kappa shape index (κ3) is 3.34. The van der Waals surface area contributed by atoms with Crippen molar-refractivity contribution in [2.45, 2.75) is 25.8 Å². The second kappa shape index (κ2) is 7.09. The lowest BCUT2D eigenvalue weighted by Crippen LogP contribution is -2.50. The summed E-state index contributed by atoms with van der Waals surface area (Å²) in [6, 6.07) is 2.35. The molecule has 2 heterocycles. The van der Waals surface area contributed by atoms with Crippen molar-refractivity contribution in [1.82, 2.24) is 14.9 Å². The first-order chi connectivity index (χ1) is 10.2. The number of nitrogens with zero attached hydrogens (tertiary/aromatic N) is 4. The van der Waals surface area contributed by atoms with E-state index in [1.807, 2.05) is 4.90 Å². The van der Waals surface area contributed by atoms with Crippen molar-refractivity contribution in [3.05, 3.63) is 16.7 Å². The zero-order chi connectivity index (χ0) is 15.2. The molecule has 1 aromatic rings. The molecule has 1 N–H and O–H groups in total. The number of rotatable bonds is 5. The van der Waals surface area contributed by atoms with E-state index >= 15 is 0 Å². The molecule has 1 atom stereocenters. The van der Waals surface area contributed by atoms with Gasteiger partial charge in [0, 0.05) is 26.2 Å². The van der Waals surface area contributed by atoms with Gasteiger partial charge >= 0.3 is 0 Å². The quantitative estimate of drug-likeness (QED) is 0.854. The number of methoxy groups -OCH3 is 1. The molecule has 0 aliphatic carbocycles. The van der Waals surface area contributed by atoms with Crippen molar-refractivity contribution >= 4 is 5.82 Å². The highest BCUT2D eigenvalue weighted by molar-refractivity contribution is 5.51.